The summed E-state index contributed by atoms with van der Waals surface area (Å²) in [4.78, 5) is 12.3. The number of nitrogens with zero attached hydrogens (tertiary/aromatic N) is 1. The van der Waals surface area contributed by atoms with Gasteiger partial charge in [-0.3, -0.25) is 9.80 Å². The Balaban J connectivity index is 1.74. The van der Waals surface area contributed by atoms with Gasteiger partial charge in [-0.1, -0.05) is 24.0 Å². The Morgan fingerprint density at radius 1 is 1.44 bits per heavy atom. The van der Waals surface area contributed by atoms with Gasteiger partial charge in [-0.2, -0.15) is 0 Å². The number of fused-ring (bicyclic) bond motifs is 1. The predicted molar refractivity (Wildman–Crippen MR) is 71.8 cm³/mol. The second-order valence-electron chi connectivity index (χ2n) is 5.42. The van der Waals surface area contributed by atoms with Gasteiger partial charge in [0.1, 0.15) is 7.85 Å². The summed E-state index contributed by atoms with van der Waals surface area (Å²) in [6.45, 7) is 3.49. The Bertz CT molecular complexity index is 497. The van der Waals surface area contributed by atoms with Crippen molar-refractivity contribution in [3.8, 4) is 0 Å². The summed E-state index contributed by atoms with van der Waals surface area (Å²) in [6, 6.07) is 3.78. The quantitative estimate of drug-likeness (QED) is 0.801. The van der Waals surface area contributed by atoms with Crippen molar-refractivity contribution in [1.29, 1.82) is 0 Å². The normalized spacial score (nSPS) is 18.9. The van der Waals surface area contributed by atoms with E-state index in [4.69, 9.17) is 7.85 Å². The number of carbonyl (C=O) groups is 1. The Hall–Kier alpha value is -1.29. The number of amides is 1. The molecule has 0 aromatic heterocycles. The molecule has 2 aliphatic rings. The molecule has 0 atom stereocenters. The molecule has 3 rings (SSSR count). The maximum Gasteiger partial charge on any atom is 0.268 e. The number of hydrazine groups is 1. The second-order valence-corrected chi connectivity index (χ2v) is 5.42. The van der Waals surface area contributed by atoms with Gasteiger partial charge in [0.15, 0.2) is 0 Å². The van der Waals surface area contributed by atoms with Crippen molar-refractivity contribution in [3.05, 3.63) is 28.8 Å². The standard InChI is InChI=1S/C14H17BN2O/c1-9-5-12(15)6-11-8-17(14(18)13(9)11)16-7-10-3-2-4-10/h5-6,10,16H,2-4,7-8H2,1H3. The van der Waals surface area contributed by atoms with Crippen molar-refractivity contribution in [2.24, 2.45) is 5.92 Å². The minimum atomic E-state index is 0.0850. The van der Waals surface area contributed by atoms with Crippen LogP contribution in [0.5, 0.6) is 0 Å². The van der Waals surface area contributed by atoms with E-state index in [1.54, 1.807) is 5.01 Å². The third kappa shape index (κ3) is 1.95. The van der Waals surface area contributed by atoms with Crippen LogP contribution in [0.1, 0.15) is 40.7 Å². The van der Waals surface area contributed by atoms with E-state index in [-0.39, 0.29) is 5.91 Å². The zero-order chi connectivity index (χ0) is 12.7. The predicted octanol–water partition coefficient (Wildman–Crippen LogP) is 1.05. The Morgan fingerprint density at radius 2 is 2.22 bits per heavy atom. The van der Waals surface area contributed by atoms with Gasteiger partial charge >= 0.3 is 0 Å². The van der Waals surface area contributed by atoms with Gasteiger partial charge in [-0.05, 0) is 36.8 Å². The van der Waals surface area contributed by atoms with Gasteiger partial charge in [0.25, 0.3) is 5.91 Å². The lowest BCUT2D eigenvalue weighted by atomic mass is 9.86. The monoisotopic (exact) mass is 240 g/mol. The lowest BCUT2D eigenvalue weighted by Crippen LogP contribution is -2.42. The highest BCUT2D eigenvalue weighted by Gasteiger charge is 2.29. The number of nitrogens with one attached hydrogen (secondary N) is 1. The van der Waals surface area contributed by atoms with Gasteiger partial charge in [0.2, 0.25) is 0 Å². The molecule has 0 spiro atoms. The molecule has 4 heteroatoms. The van der Waals surface area contributed by atoms with Crippen LogP contribution in [-0.2, 0) is 6.54 Å². The molecule has 3 nitrogen and oxygen atoms in total. The molecule has 1 N–H and O–H groups in total. The van der Waals surface area contributed by atoms with Crippen LogP contribution < -0.4 is 10.9 Å². The first-order valence-electron chi connectivity index (χ1n) is 6.59. The fraction of sp³-hybridized carbons (Fsp3) is 0.500. The average Bonchev–Trinajstić information content (AvgIpc) is 2.53. The highest BCUT2D eigenvalue weighted by molar-refractivity contribution is 6.32. The van der Waals surface area contributed by atoms with Crippen LogP contribution in [0, 0.1) is 12.8 Å². The lowest BCUT2D eigenvalue weighted by molar-refractivity contribution is 0.0654. The molecule has 1 aliphatic heterocycles. The third-order valence-electron chi connectivity index (χ3n) is 4.02. The fourth-order valence-electron chi connectivity index (χ4n) is 2.76. The Labute approximate surface area is 109 Å². The van der Waals surface area contributed by atoms with Gasteiger partial charge in [0.05, 0.1) is 6.54 Å². The zero-order valence-electron chi connectivity index (χ0n) is 10.7. The van der Waals surface area contributed by atoms with Crippen molar-refractivity contribution in [2.75, 3.05) is 6.54 Å². The topological polar surface area (TPSA) is 32.3 Å². The number of rotatable bonds is 3. The molecule has 1 amide bonds. The van der Waals surface area contributed by atoms with Gasteiger partial charge in [0, 0.05) is 12.1 Å². The van der Waals surface area contributed by atoms with E-state index >= 15 is 0 Å². The maximum atomic E-state index is 12.3. The minimum absolute atomic E-state index is 0.0850. The highest BCUT2D eigenvalue weighted by Crippen LogP contribution is 2.27. The van der Waals surface area contributed by atoms with Crippen LogP contribution in [-0.4, -0.2) is 25.3 Å². The zero-order valence-corrected chi connectivity index (χ0v) is 10.7. The third-order valence-corrected chi connectivity index (χ3v) is 4.02. The molecule has 1 heterocycles. The van der Waals surface area contributed by atoms with Crippen LogP contribution in [0.15, 0.2) is 12.1 Å². The first kappa shape index (κ1) is 11.8. The smallest absolute Gasteiger partial charge is 0.268 e. The Kier molecular flexibility index (Phi) is 2.90. The number of hydrogen-bond acceptors (Lipinski definition) is 2. The first-order chi connectivity index (χ1) is 8.65. The summed E-state index contributed by atoms with van der Waals surface area (Å²) in [7, 11) is 5.83. The van der Waals surface area contributed by atoms with Crippen LogP contribution in [0.25, 0.3) is 0 Å². The second kappa shape index (κ2) is 4.43. The summed E-state index contributed by atoms with van der Waals surface area (Å²) in [6.07, 6.45) is 3.90. The summed E-state index contributed by atoms with van der Waals surface area (Å²) < 4.78 is 0. The van der Waals surface area contributed by atoms with E-state index in [2.05, 4.69) is 5.43 Å². The largest absolute Gasteiger partial charge is 0.269 e. The molecule has 18 heavy (non-hydrogen) atoms. The number of benzene rings is 1. The molecule has 0 saturated heterocycles. The molecular weight excluding hydrogens is 223 g/mol. The molecule has 2 radical (unpaired) electrons. The average molecular weight is 240 g/mol. The van der Waals surface area contributed by atoms with Gasteiger partial charge in [-0.15, -0.1) is 0 Å². The van der Waals surface area contributed by atoms with Crippen molar-refractivity contribution in [1.82, 2.24) is 10.4 Å². The van der Waals surface area contributed by atoms with Crippen molar-refractivity contribution >= 4 is 19.2 Å². The lowest BCUT2D eigenvalue weighted by Gasteiger charge is -2.28. The molecule has 1 fully saturated rings. The van der Waals surface area contributed by atoms with Crippen LogP contribution in [0.4, 0.5) is 0 Å². The fourth-order valence-corrected chi connectivity index (χ4v) is 2.76. The van der Waals surface area contributed by atoms with Crippen LogP contribution >= 0.6 is 0 Å². The van der Waals surface area contributed by atoms with E-state index in [0.29, 0.717) is 6.54 Å². The van der Waals surface area contributed by atoms with E-state index in [0.717, 1.165) is 34.6 Å². The molecule has 1 saturated carbocycles. The molecule has 0 bridgehead atoms. The van der Waals surface area contributed by atoms with E-state index < -0.39 is 0 Å². The summed E-state index contributed by atoms with van der Waals surface area (Å²) in [5.74, 6) is 0.828. The van der Waals surface area contributed by atoms with Crippen molar-refractivity contribution < 1.29 is 4.79 Å². The summed E-state index contributed by atoms with van der Waals surface area (Å²) in [5, 5.41) is 1.73. The van der Waals surface area contributed by atoms with E-state index in [9.17, 15) is 4.79 Å². The molecule has 1 aromatic rings. The van der Waals surface area contributed by atoms with E-state index in [1.807, 2.05) is 19.1 Å². The van der Waals surface area contributed by atoms with Crippen LogP contribution in [0.2, 0.25) is 0 Å². The molecule has 1 aliphatic carbocycles. The highest BCUT2D eigenvalue weighted by atomic mass is 16.2. The molecule has 1 aromatic carbocycles. The number of carbonyl (C=O) groups excluding carboxylic acids is 1. The van der Waals surface area contributed by atoms with Gasteiger partial charge in [-0.25, -0.2) is 5.43 Å². The van der Waals surface area contributed by atoms with Gasteiger partial charge < -0.3 is 0 Å². The first-order valence-corrected chi connectivity index (χ1v) is 6.59. The molecule has 92 valence electrons. The van der Waals surface area contributed by atoms with E-state index in [1.165, 1.54) is 19.3 Å². The van der Waals surface area contributed by atoms with Crippen LogP contribution in [0.3, 0.4) is 0 Å². The number of hydrogen-bond donors (Lipinski definition) is 1. The minimum Gasteiger partial charge on any atom is -0.269 e. The van der Waals surface area contributed by atoms with Crippen molar-refractivity contribution in [3.63, 3.8) is 0 Å². The van der Waals surface area contributed by atoms with Crippen molar-refractivity contribution in [2.45, 2.75) is 32.7 Å². The maximum absolute atomic E-state index is 12.3. The summed E-state index contributed by atoms with van der Waals surface area (Å²) in [5.41, 5.74) is 6.85. The molecular formula is C14H17BN2O. The SMILES string of the molecule is [B]c1cc(C)c2c(c1)CN(NCC1CCC1)C2=O. The number of aryl methyl sites for hydroxylation is 1. The molecule has 0 unspecified atom stereocenters. The Morgan fingerprint density at radius 3 is 2.89 bits per heavy atom. The summed E-state index contributed by atoms with van der Waals surface area (Å²) >= 11 is 0.